The molecule has 1 aromatic carbocycles. The lowest BCUT2D eigenvalue weighted by Crippen LogP contribution is -2.30. The minimum absolute atomic E-state index is 0.0846. The summed E-state index contributed by atoms with van der Waals surface area (Å²) in [4.78, 5) is 4.27. The fraction of sp³-hybridized carbons (Fsp3) is 0.250. The van der Waals surface area contributed by atoms with Crippen molar-refractivity contribution in [2.24, 2.45) is 12.9 Å². The molecule has 0 saturated heterocycles. The van der Waals surface area contributed by atoms with E-state index in [0.717, 1.165) is 15.0 Å². The number of nitrogens with one attached hydrogen (secondary N) is 1. The maximum atomic E-state index is 13.1. The van der Waals surface area contributed by atoms with Crippen LogP contribution in [0.1, 0.15) is 17.4 Å². The van der Waals surface area contributed by atoms with Crippen molar-refractivity contribution in [3.05, 3.63) is 51.4 Å². The number of halogens is 2. The van der Waals surface area contributed by atoms with E-state index in [2.05, 4.69) is 33.0 Å². The molecule has 0 aliphatic rings. The minimum atomic E-state index is -0.240. The van der Waals surface area contributed by atoms with Crippen molar-refractivity contribution in [1.29, 1.82) is 0 Å². The third-order valence-electron chi connectivity index (χ3n) is 2.85. The monoisotopic (exact) mass is 360 g/mol. The van der Waals surface area contributed by atoms with Gasteiger partial charge in [0.15, 0.2) is 0 Å². The van der Waals surface area contributed by atoms with Crippen LogP contribution in [0.4, 0.5) is 4.39 Å². The van der Waals surface area contributed by atoms with Crippen molar-refractivity contribution in [3.63, 3.8) is 0 Å². The maximum absolute atomic E-state index is 13.1. The first kappa shape index (κ1) is 13.4. The normalized spacial score (nSPS) is 12.7. The fourth-order valence-electron chi connectivity index (χ4n) is 1.82. The van der Waals surface area contributed by atoms with E-state index in [1.54, 1.807) is 12.3 Å². The van der Waals surface area contributed by atoms with E-state index < -0.39 is 0 Å². The van der Waals surface area contributed by atoms with Crippen LogP contribution >= 0.6 is 22.6 Å². The van der Waals surface area contributed by atoms with Gasteiger partial charge < -0.3 is 4.57 Å². The lowest BCUT2D eigenvalue weighted by molar-refractivity contribution is 0.526. The van der Waals surface area contributed by atoms with Crippen molar-refractivity contribution >= 4 is 22.6 Å². The smallest absolute Gasteiger partial charge is 0.124 e. The van der Waals surface area contributed by atoms with E-state index in [1.807, 2.05) is 17.8 Å². The van der Waals surface area contributed by atoms with Gasteiger partial charge in [-0.2, -0.15) is 0 Å². The van der Waals surface area contributed by atoms with Gasteiger partial charge >= 0.3 is 0 Å². The molecule has 1 aromatic heterocycles. The van der Waals surface area contributed by atoms with Gasteiger partial charge in [0, 0.05) is 29.4 Å². The summed E-state index contributed by atoms with van der Waals surface area (Å²) in [6.45, 7) is 0. The second-order valence-corrected chi connectivity index (χ2v) is 5.21. The van der Waals surface area contributed by atoms with Crippen LogP contribution in [0.5, 0.6) is 0 Å². The van der Waals surface area contributed by atoms with Gasteiger partial charge in [-0.25, -0.2) is 9.37 Å². The van der Waals surface area contributed by atoms with Gasteiger partial charge in [0.2, 0.25) is 0 Å². The molecule has 0 aliphatic carbocycles. The van der Waals surface area contributed by atoms with Crippen LogP contribution < -0.4 is 11.3 Å². The van der Waals surface area contributed by atoms with E-state index in [1.165, 1.54) is 12.1 Å². The second-order valence-electron chi connectivity index (χ2n) is 4.04. The van der Waals surface area contributed by atoms with Crippen LogP contribution in [0, 0.1) is 9.39 Å². The average molecular weight is 360 g/mol. The van der Waals surface area contributed by atoms with Crippen LogP contribution in [0.2, 0.25) is 0 Å². The molecule has 4 nitrogen and oxygen atoms in total. The van der Waals surface area contributed by atoms with Gasteiger partial charge in [-0.1, -0.05) is 6.07 Å². The highest BCUT2D eigenvalue weighted by Gasteiger charge is 2.16. The Labute approximate surface area is 119 Å². The first-order valence-electron chi connectivity index (χ1n) is 5.49. The summed E-state index contributed by atoms with van der Waals surface area (Å²) >= 11 is 2.11. The largest absolute Gasteiger partial charge is 0.338 e. The number of aryl methyl sites for hydroxylation is 1. The summed E-state index contributed by atoms with van der Waals surface area (Å²) in [5, 5.41) is 0. The summed E-state index contributed by atoms with van der Waals surface area (Å²) in [5.74, 6) is 6.28. The first-order chi connectivity index (χ1) is 8.61. The molecule has 0 bridgehead atoms. The Bertz CT molecular complexity index is 541. The van der Waals surface area contributed by atoms with Gasteiger partial charge in [-0.05, 0) is 40.3 Å². The summed E-state index contributed by atoms with van der Waals surface area (Å²) in [6, 6.07) is 4.61. The highest BCUT2D eigenvalue weighted by atomic mass is 127. The molecule has 3 N–H and O–H groups in total. The number of rotatable bonds is 4. The summed E-state index contributed by atoms with van der Waals surface area (Å²) < 4.78 is 15.9. The molecule has 0 spiro atoms. The van der Waals surface area contributed by atoms with Gasteiger partial charge in [0.1, 0.15) is 11.6 Å². The number of hydrazine groups is 1. The van der Waals surface area contributed by atoms with Gasteiger partial charge in [0.25, 0.3) is 0 Å². The van der Waals surface area contributed by atoms with Crippen LogP contribution in [0.15, 0.2) is 30.6 Å². The van der Waals surface area contributed by atoms with Crippen LogP contribution in [0.3, 0.4) is 0 Å². The third-order valence-corrected chi connectivity index (χ3v) is 3.78. The topological polar surface area (TPSA) is 55.9 Å². The van der Waals surface area contributed by atoms with Crippen LogP contribution in [-0.2, 0) is 13.5 Å². The number of imidazole rings is 1. The van der Waals surface area contributed by atoms with E-state index in [9.17, 15) is 4.39 Å². The van der Waals surface area contributed by atoms with Crippen molar-refractivity contribution in [1.82, 2.24) is 15.0 Å². The number of benzene rings is 1. The Morgan fingerprint density at radius 2 is 2.33 bits per heavy atom. The molecule has 6 heteroatoms. The summed E-state index contributed by atoms with van der Waals surface area (Å²) in [5.41, 5.74) is 3.74. The second kappa shape index (κ2) is 5.77. The quantitative estimate of drug-likeness (QED) is 0.498. The lowest BCUT2D eigenvalue weighted by atomic mass is 10.0. The van der Waals surface area contributed by atoms with Gasteiger partial charge in [-0.15, -0.1) is 0 Å². The van der Waals surface area contributed by atoms with Gasteiger partial charge in [-0.3, -0.25) is 11.3 Å². The predicted octanol–water partition coefficient (Wildman–Crippen LogP) is 1.91. The zero-order valence-corrected chi connectivity index (χ0v) is 12.1. The molecular weight excluding hydrogens is 346 g/mol. The van der Waals surface area contributed by atoms with E-state index in [0.29, 0.717) is 6.42 Å². The Morgan fingerprint density at radius 3 is 2.89 bits per heavy atom. The summed E-state index contributed by atoms with van der Waals surface area (Å²) in [7, 11) is 1.94. The van der Waals surface area contributed by atoms with E-state index >= 15 is 0 Å². The average Bonchev–Trinajstić information content (AvgIpc) is 2.73. The molecule has 1 atom stereocenters. The van der Waals surface area contributed by atoms with Crippen molar-refractivity contribution in [2.75, 3.05) is 0 Å². The minimum Gasteiger partial charge on any atom is -0.338 e. The van der Waals surface area contributed by atoms with Crippen LogP contribution in [-0.4, -0.2) is 9.55 Å². The molecule has 0 fully saturated rings. The molecule has 2 aromatic rings. The van der Waals surface area contributed by atoms with E-state index in [4.69, 9.17) is 5.84 Å². The lowest BCUT2D eigenvalue weighted by Gasteiger charge is -2.17. The fourth-order valence-corrected chi connectivity index (χ4v) is 2.67. The Hall–Kier alpha value is -0.990. The molecule has 1 unspecified atom stereocenters. The molecule has 96 valence electrons. The summed E-state index contributed by atoms with van der Waals surface area (Å²) in [6.07, 6.45) is 4.29. The molecule has 18 heavy (non-hydrogen) atoms. The highest BCUT2D eigenvalue weighted by molar-refractivity contribution is 14.1. The Kier molecular flexibility index (Phi) is 4.31. The predicted molar refractivity (Wildman–Crippen MR) is 76.1 cm³/mol. The number of hydrogen-bond donors (Lipinski definition) is 2. The first-order valence-corrected chi connectivity index (χ1v) is 6.57. The van der Waals surface area contributed by atoms with Crippen LogP contribution in [0.25, 0.3) is 0 Å². The highest BCUT2D eigenvalue weighted by Crippen LogP contribution is 2.23. The van der Waals surface area contributed by atoms with Crippen molar-refractivity contribution in [2.45, 2.75) is 12.5 Å². The molecule has 0 saturated carbocycles. The molecular formula is C12H14FIN4. The zero-order chi connectivity index (χ0) is 13.1. The number of aromatic nitrogens is 2. The Balaban J connectivity index is 2.26. The molecule has 0 amide bonds. The SMILES string of the molecule is Cn1ccnc1CC(NN)c1ccc(F)cc1I. The maximum Gasteiger partial charge on any atom is 0.124 e. The zero-order valence-electron chi connectivity index (χ0n) is 9.90. The molecule has 2 rings (SSSR count). The van der Waals surface area contributed by atoms with Crippen molar-refractivity contribution < 1.29 is 4.39 Å². The van der Waals surface area contributed by atoms with Crippen molar-refractivity contribution in [3.8, 4) is 0 Å². The number of nitrogens with zero attached hydrogens (tertiary/aromatic N) is 2. The Morgan fingerprint density at radius 1 is 1.56 bits per heavy atom. The molecule has 0 radical (unpaired) electrons. The third kappa shape index (κ3) is 2.88. The molecule has 0 aliphatic heterocycles. The van der Waals surface area contributed by atoms with Gasteiger partial charge in [0.05, 0.1) is 6.04 Å². The number of hydrogen-bond acceptors (Lipinski definition) is 3. The van der Waals surface area contributed by atoms with E-state index in [-0.39, 0.29) is 11.9 Å². The molecule has 1 heterocycles. The standard InChI is InChI=1S/C12H14FIN4/c1-18-5-4-16-12(18)7-11(17-15)9-3-2-8(13)6-10(9)14/h2-6,11,17H,7,15H2,1H3. The number of nitrogens with two attached hydrogens (primary N) is 1.